The highest BCUT2D eigenvalue weighted by molar-refractivity contribution is 9.10. The molecule has 0 aliphatic rings. The number of nitrogens with zero attached hydrogens (tertiary/aromatic N) is 1. The third-order valence-corrected chi connectivity index (χ3v) is 2.19. The van der Waals surface area contributed by atoms with Crippen LogP contribution in [0.15, 0.2) is 10.5 Å². The maximum atomic E-state index is 12.3. The van der Waals surface area contributed by atoms with Crippen molar-refractivity contribution in [2.24, 2.45) is 0 Å². The molecule has 0 aliphatic carbocycles. The van der Waals surface area contributed by atoms with Crippen LogP contribution in [0.25, 0.3) is 0 Å². The Balaban J connectivity index is 3.20. The molecule has 0 unspecified atom stereocenters. The molecule has 0 saturated carbocycles. The van der Waals surface area contributed by atoms with Gasteiger partial charge >= 0.3 is 12.5 Å². The molecule has 0 saturated heterocycles. The summed E-state index contributed by atoms with van der Waals surface area (Å²) in [7, 11) is 0. The van der Waals surface area contributed by atoms with Crippen molar-refractivity contribution < 1.29 is 31.1 Å². The summed E-state index contributed by atoms with van der Waals surface area (Å²) in [6.45, 7) is 0.987. The molecule has 0 radical (unpaired) electrons. The third-order valence-electron chi connectivity index (χ3n) is 1.61. The zero-order valence-corrected chi connectivity index (χ0v) is 9.66. The van der Waals surface area contributed by atoms with E-state index in [9.17, 15) is 26.3 Å². The Bertz CT molecular complexity index is 404. The van der Waals surface area contributed by atoms with E-state index in [2.05, 4.69) is 25.7 Å². The number of aromatic nitrogens is 1. The molecule has 0 spiro atoms. The van der Waals surface area contributed by atoms with Crippen LogP contribution in [0.5, 0.6) is 5.75 Å². The zero-order valence-electron chi connectivity index (χ0n) is 8.08. The highest BCUT2D eigenvalue weighted by Gasteiger charge is 2.36. The van der Waals surface area contributed by atoms with E-state index in [1.807, 2.05) is 0 Å². The molecule has 0 fully saturated rings. The van der Waals surface area contributed by atoms with E-state index < -0.39 is 34.1 Å². The summed E-state index contributed by atoms with van der Waals surface area (Å²) >= 11 is 2.58. The van der Waals surface area contributed by atoms with Crippen LogP contribution in [0.1, 0.15) is 11.4 Å². The van der Waals surface area contributed by atoms with Gasteiger partial charge in [-0.3, -0.25) is 0 Å². The lowest BCUT2D eigenvalue weighted by molar-refractivity contribution is -0.275. The number of hydrogen-bond acceptors (Lipinski definition) is 2. The van der Waals surface area contributed by atoms with Crippen molar-refractivity contribution in [2.45, 2.75) is 19.5 Å². The van der Waals surface area contributed by atoms with Gasteiger partial charge in [-0.25, -0.2) is 4.98 Å². The highest BCUT2D eigenvalue weighted by atomic mass is 79.9. The molecule has 0 aliphatic heterocycles. The van der Waals surface area contributed by atoms with Crippen molar-refractivity contribution in [3.05, 3.63) is 21.9 Å². The molecule has 0 bridgehead atoms. The van der Waals surface area contributed by atoms with Gasteiger partial charge in [-0.2, -0.15) is 13.2 Å². The highest BCUT2D eigenvalue weighted by Crippen LogP contribution is 2.37. The Morgan fingerprint density at radius 3 is 2.06 bits per heavy atom. The zero-order chi connectivity index (χ0) is 13.4. The minimum absolute atomic E-state index is 0.425. The lowest BCUT2D eigenvalue weighted by Crippen LogP contribution is -2.19. The van der Waals surface area contributed by atoms with E-state index in [1.54, 1.807) is 0 Å². The third kappa shape index (κ3) is 3.76. The summed E-state index contributed by atoms with van der Waals surface area (Å²) in [5, 5.41) is 0. The lowest BCUT2D eigenvalue weighted by atomic mass is 10.3. The summed E-state index contributed by atoms with van der Waals surface area (Å²) in [5.74, 6) is -0.787. The Morgan fingerprint density at radius 1 is 1.18 bits per heavy atom. The summed E-state index contributed by atoms with van der Waals surface area (Å²) < 4.78 is 75.7. The quantitative estimate of drug-likeness (QED) is 0.727. The first-order valence-electron chi connectivity index (χ1n) is 4.01. The number of halogens is 7. The second-order valence-corrected chi connectivity index (χ2v) is 3.80. The van der Waals surface area contributed by atoms with Gasteiger partial charge in [0, 0.05) is 0 Å². The maximum absolute atomic E-state index is 12.3. The Labute approximate surface area is 99.7 Å². The van der Waals surface area contributed by atoms with E-state index in [0.717, 1.165) is 6.92 Å². The van der Waals surface area contributed by atoms with Gasteiger partial charge in [0.1, 0.15) is 5.69 Å². The van der Waals surface area contributed by atoms with Gasteiger partial charge in [0.05, 0.1) is 10.2 Å². The minimum Gasteiger partial charge on any atom is -0.403 e. The van der Waals surface area contributed by atoms with E-state index in [-0.39, 0.29) is 0 Å². The molecular weight excluding hydrogens is 320 g/mol. The van der Waals surface area contributed by atoms with Crippen LogP contribution in [0.3, 0.4) is 0 Å². The number of pyridine rings is 1. The van der Waals surface area contributed by atoms with Gasteiger partial charge in [0.25, 0.3) is 0 Å². The second-order valence-electron chi connectivity index (χ2n) is 2.95. The van der Waals surface area contributed by atoms with Crippen molar-refractivity contribution in [1.29, 1.82) is 0 Å². The molecule has 0 N–H and O–H groups in total. The smallest absolute Gasteiger partial charge is 0.403 e. The molecule has 1 aromatic heterocycles. The van der Waals surface area contributed by atoms with Gasteiger partial charge in [-0.15, -0.1) is 13.2 Å². The normalized spacial score (nSPS) is 12.7. The van der Waals surface area contributed by atoms with Crippen molar-refractivity contribution in [1.82, 2.24) is 4.98 Å². The van der Waals surface area contributed by atoms with E-state index in [4.69, 9.17) is 0 Å². The van der Waals surface area contributed by atoms with Crippen LogP contribution in [-0.4, -0.2) is 11.3 Å². The Morgan fingerprint density at radius 2 is 1.71 bits per heavy atom. The van der Waals surface area contributed by atoms with Crippen LogP contribution in [0, 0.1) is 6.92 Å². The molecule has 9 heteroatoms. The largest absolute Gasteiger partial charge is 0.573 e. The minimum atomic E-state index is -4.99. The lowest BCUT2D eigenvalue weighted by Gasteiger charge is -2.14. The molecule has 2 nitrogen and oxygen atoms in total. The van der Waals surface area contributed by atoms with Crippen molar-refractivity contribution in [2.75, 3.05) is 0 Å². The predicted molar refractivity (Wildman–Crippen MR) is 48.4 cm³/mol. The second kappa shape index (κ2) is 4.35. The fourth-order valence-corrected chi connectivity index (χ4v) is 1.59. The van der Waals surface area contributed by atoms with Crippen LogP contribution >= 0.6 is 15.9 Å². The van der Waals surface area contributed by atoms with E-state index in [0.29, 0.717) is 6.07 Å². The van der Waals surface area contributed by atoms with Gasteiger partial charge in [0.15, 0.2) is 5.75 Å². The summed E-state index contributed by atoms with van der Waals surface area (Å²) in [6, 6.07) is 0.425. The fourth-order valence-electron chi connectivity index (χ4n) is 1.01. The number of hydrogen-bond donors (Lipinski definition) is 0. The van der Waals surface area contributed by atoms with Crippen molar-refractivity contribution in [3.63, 3.8) is 0 Å². The van der Waals surface area contributed by atoms with E-state index in [1.165, 1.54) is 0 Å². The van der Waals surface area contributed by atoms with Crippen LogP contribution in [0.4, 0.5) is 26.3 Å². The monoisotopic (exact) mass is 323 g/mol. The topological polar surface area (TPSA) is 22.1 Å². The fraction of sp³-hybridized carbons (Fsp3) is 0.375. The Hall–Kier alpha value is -0.990. The average molecular weight is 324 g/mol. The van der Waals surface area contributed by atoms with Crippen LogP contribution < -0.4 is 4.74 Å². The van der Waals surface area contributed by atoms with Gasteiger partial charge < -0.3 is 4.74 Å². The first-order chi connectivity index (χ1) is 7.50. The first-order valence-corrected chi connectivity index (χ1v) is 4.80. The van der Waals surface area contributed by atoms with Gasteiger partial charge in [-0.1, -0.05) is 0 Å². The SMILES string of the molecule is Cc1nc(C(F)(F)F)cc(Br)c1OC(F)(F)F. The number of ether oxygens (including phenoxy) is 1. The van der Waals surface area contributed by atoms with Gasteiger partial charge in [0.2, 0.25) is 0 Å². The standard InChI is InChI=1S/C8H4BrF6NO/c1-3-6(17-8(13,14)15)4(9)2-5(16-3)7(10,11)12/h2H,1H3. The number of alkyl halides is 6. The number of rotatable bonds is 1. The molecule has 1 heterocycles. The maximum Gasteiger partial charge on any atom is 0.573 e. The van der Waals surface area contributed by atoms with Gasteiger partial charge in [-0.05, 0) is 28.9 Å². The molecule has 1 rings (SSSR count). The number of aryl methyl sites for hydroxylation is 1. The summed E-state index contributed by atoms with van der Waals surface area (Å²) in [5.41, 5.74) is -1.81. The predicted octanol–water partition coefficient (Wildman–Crippen LogP) is 4.07. The molecular formula is C8H4BrF6NO. The average Bonchev–Trinajstić information content (AvgIpc) is 2.07. The van der Waals surface area contributed by atoms with Crippen molar-refractivity contribution in [3.8, 4) is 5.75 Å². The van der Waals surface area contributed by atoms with Crippen LogP contribution in [-0.2, 0) is 6.18 Å². The molecule has 0 amide bonds. The molecule has 1 aromatic rings. The molecule has 0 atom stereocenters. The summed E-state index contributed by atoms with van der Waals surface area (Å²) in [4.78, 5) is 3.01. The van der Waals surface area contributed by atoms with Crippen LogP contribution in [0.2, 0.25) is 0 Å². The van der Waals surface area contributed by atoms with E-state index >= 15 is 0 Å². The Kier molecular flexibility index (Phi) is 3.60. The van der Waals surface area contributed by atoms with Crippen molar-refractivity contribution >= 4 is 15.9 Å². The summed E-state index contributed by atoms with van der Waals surface area (Å²) in [6.07, 6.45) is -9.72. The molecule has 0 aromatic carbocycles. The molecule has 96 valence electrons. The first kappa shape index (κ1) is 14.1. The molecule has 17 heavy (non-hydrogen) atoms.